The van der Waals surface area contributed by atoms with Crippen LogP contribution in [0.5, 0.6) is 0 Å². The van der Waals surface area contributed by atoms with E-state index in [1.165, 1.54) is 19.4 Å². The second kappa shape index (κ2) is 6.56. The molecule has 0 bridgehead atoms. The standard InChI is InChI=1S/C12H15N3O4S/c1-19-12(16)8-6-10(15(17)18)11(13-7-8)14-9-2-4-20-5-3-9/h6-7,9H,2-5H2,1H3,(H,13,14). The molecule has 0 aliphatic carbocycles. The fraction of sp³-hybridized carbons (Fsp3) is 0.500. The highest BCUT2D eigenvalue weighted by molar-refractivity contribution is 7.99. The van der Waals surface area contributed by atoms with E-state index in [-0.39, 0.29) is 23.1 Å². The molecule has 108 valence electrons. The molecule has 0 unspecified atom stereocenters. The van der Waals surface area contributed by atoms with Crippen molar-refractivity contribution < 1.29 is 14.5 Å². The Morgan fingerprint density at radius 1 is 1.55 bits per heavy atom. The van der Waals surface area contributed by atoms with E-state index in [4.69, 9.17) is 0 Å². The number of esters is 1. The van der Waals surface area contributed by atoms with E-state index in [0.717, 1.165) is 24.3 Å². The summed E-state index contributed by atoms with van der Waals surface area (Å²) in [6.07, 6.45) is 3.18. The molecule has 1 aromatic heterocycles. The normalized spacial score (nSPS) is 15.7. The van der Waals surface area contributed by atoms with Crippen LogP contribution in [-0.4, -0.2) is 40.5 Å². The predicted molar refractivity (Wildman–Crippen MR) is 76.2 cm³/mol. The predicted octanol–water partition coefficient (Wildman–Crippen LogP) is 2.08. The highest BCUT2D eigenvalue weighted by Gasteiger charge is 2.22. The van der Waals surface area contributed by atoms with Crippen LogP contribution in [0.2, 0.25) is 0 Å². The number of hydrogen-bond acceptors (Lipinski definition) is 7. The first kappa shape index (κ1) is 14.6. The lowest BCUT2D eigenvalue weighted by atomic mass is 10.1. The molecule has 1 aromatic rings. The summed E-state index contributed by atoms with van der Waals surface area (Å²) in [7, 11) is 1.22. The lowest BCUT2D eigenvalue weighted by Crippen LogP contribution is -2.25. The summed E-state index contributed by atoms with van der Waals surface area (Å²) in [5, 5.41) is 14.2. The third-order valence-corrected chi connectivity index (χ3v) is 4.10. The Hall–Kier alpha value is -1.83. The second-order valence-corrected chi connectivity index (χ2v) is 5.60. The molecule has 1 fully saturated rings. The number of anilines is 1. The van der Waals surface area contributed by atoms with Crippen LogP contribution in [0.1, 0.15) is 23.2 Å². The van der Waals surface area contributed by atoms with Crippen LogP contribution in [0.4, 0.5) is 11.5 Å². The monoisotopic (exact) mass is 297 g/mol. The van der Waals surface area contributed by atoms with Crippen LogP contribution in [0, 0.1) is 10.1 Å². The summed E-state index contributed by atoms with van der Waals surface area (Å²) in [5.74, 6) is 1.64. The average Bonchev–Trinajstić information content (AvgIpc) is 2.47. The number of nitrogens with zero attached hydrogens (tertiary/aromatic N) is 2. The van der Waals surface area contributed by atoms with Crippen molar-refractivity contribution in [3.8, 4) is 0 Å². The number of pyridine rings is 1. The number of thioether (sulfide) groups is 1. The highest BCUT2D eigenvalue weighted by Crippen LogP contribution is 2.27. The lowest BCUT2D eigenvalue weighted by molar-refractivity contribution is -0.384. The second-order valence-electron chi connectivity index (χ2n) is 4.37. The molecule has 1 aliphatic heterocycles. The van der Waals surface area contributed by atoms with Crippen molar-refractivity contribution >= 4 is 29.2 Å². The zero-order valence-electron chi connectivity index (χ0n) is 11.0. The van der Waals surface area contributed by atoms with Gasteiger partial charge >= 0.3 is 11.7 Å². The Morgan fingerprint density at radius 2 is 2.25 bits per heavy atom. The van der Waals surface area contributed by atoms with Crippen molar-refractivity contribution in [2.75, 3.05) is 23.9 Å². The Balaban J connectivity index is 2.23. The van der Waals surface area contributed by atoms with Crippen LogP contribution < -0.4 is 5.32 Å². The van der Waals surface area contributed by atoms with Gasteiger partial charge in [0.15, 0.2) is 0 Å². The Morgan fingerprint density at radius 3 is 2.85 bits per heavy atom. The van der Waals surface area contributed by atoms with Crippen LogP contribution in [0.3, 0.4) is 0 Å². The van der Waals surface area contributed by atoms with Gasteiger partial charge in [-0.05, 0) is 24.3 Å². The fourth-order valence-corrected chi connectivity index (χ4v) is 3.07. The first-order valence-electron chi connectivity index (χ1n) is 6.19. The maximum atomic E-state index is 11.4. The molecule has 1 N–H and O–H groups in total. The van der Waals surface area contributed by atoms with Crippen molar-refractivity contribution in [3.63, 3.8) is 0 Å². The van der Waals surface area contributed by atoms with E-state index in [0.29, 0.717) is 0 Å². The zero-order valence-corrected chi connectivity index (χ0v) is 11.8. The van der Waals surface area contributed by atoms with Gasteiger partial charge in [-0.1, -0.05) is 0 Å². The fourth-order valence-electron chi connectivity index (χ4n) is 1.97. The Bertz CT molecular complexity index is 517. The van der Waals surface area contributed by atoms with Gasteiger partial charge in [0.1, 0.15) is 0 Å². The smallest absolute Gasteiger partial charge is 0.339 e. The molecule has 0 saturated carbocycles. The number of carbonyl (C=O) groups is 1. The molecular weight excluding hydrogens is 282 g/mol. The van der Waals surface area contributed by atoms with Gasteiger partial charge < -0.3 is 10.1 Å². The molecule has 0 atom stereocenters. The summed E-state index contributed by atoms with van der Waals surface area (Å²) in [5.41, 5.74) is -0.130. The first-order chi connectivity index (χ1) is 9.61. The molecule has 7 nitrogen and oxygen atoms in total. The van der Waals surface area contributed by atoms with Crippen molar-refractivity contribution in [2.24, 2.45) is 0 Å². The molecule has 0 aromatic carbocycles. The van der Waals surface area contributed by atoms with E-state index in [2.05, 4.69) is 15.0 Å². The van der Waals surface area contributed by atoms with E-state index in [9.17, 15) is 14.9 Å². The van der Waals surface area contributed by atoms with Crippen LogP contribution in [0.25, 0.3) is 0 Å². The van der Waals surface area contributed by atoms with Crippen LogP contribution in [-0.2, 0) is 4.74 Å². The maximum absolute atomic E-state index is 11.4. The zero-order chi connectivity index (χ0) is 14.5. The highest BCUT2D eigenvalue weighted by atomic mass is 32.2. The van der Waals surface area contributed by atoms with E-state index in [1.807, 2.05) is 11.8 Å². The number of aromatic nitrogens is 1. The van der Waals surface area contributed by atoms with Crippen molar-refractivity contribution in [1.29, 1.82) is 0 Å². The molecule has 1 saturated heterocycles. The maximum Gasteiger partial charge on any atom is 0.339 e. The SMILES string of the molecule is COC(=O)c1cnc(NC2CCSCC2)c([N+](=O)[O-])c1. The third-order valence-electron chi connectivity index (χ3n) is 3.05. The summed E-state index contributed by atoms with van der Waals surface area (Å²) in [6, 6.07) is 1.38. The van der Waals surface area contributed by atoms with Crippen molar-refractivity contribution in [2.45, 2.75) is 18.9 Å². The van der Waals surface area contributed by atoms with Gasteiger partial charge in [0.25, 0.3) is 0 Å². The third kappa shape index (κ3) is 3.38. The van der Waals surface area contributed by atoms with E-state index in [1.54, 1.807) is 0 Å². The van der Waals surface area contributed by atoms with Gasteiger partial charge in [0, 0.05) is 18.3 Å². The number of methoxy groups -OCH3 is 1. The van der Waals surface area contributed by atoms with Gasteiger partial charge in [0.2, 0.25) is 5.82 Å². The summed E-state index contributed by atoms with van der Waals surface area (Å²) in [4.78, 5) is 25.9. The molecule has 0 radical (unpaired) electrons. The molecular formula is C12H15N3O4S. The van der Waals surface area contributed by atoms with Crippen molar-refractivity contribution in [3.05, 3.63) is 27.9 Å². The number of carbonyl (C=O) groups excluding carboxylic acids is 1. The van der Waals surface area contributed by atoms with E-state index < -0.39 is 10.9 Å². The quantitative estimate of drug-likeness (QED) is 0.516. The van der Waals surface area contributed by atoms with E-state index >= 15 is 0 Å². The average molecular weight is 297 g/mol. The molecule has 0 spiro atoms. The largest absolute Gasteiger partial charge is 0.465 e. The first-order valence-corrected chi connectivity index (χ1v) is 7.34. The van der Waals surface area contributed by atoms with Crippen LogP contribution in [0.15, 0.2) is 12.3 Å². The van der Waals surface area contributed by atoms with Gasteiger partial charge in [0.05, 0.1) is 17.6 Å². The minimum atomic E-state index is -0.638. The summed E-state index contributed by atoms with van der Waals surface area (Å²) >= 11 is 1.87. The van der Waals surface area contributed by atoms with Gasteiger partial charge in [-0.25, -0.2) is 9.78 Å². The van der Waals surface area contributed by atoms with Gasteiger partial charge in [-0.15, -0.1) is 0 Å². The Labute approximate surface area is 120 Å². The van der Waals surface area contributed by atoms with Gasteiger partial charge in [-0.2, -0.15) is 11.8 Å². The number of nitro groups is 1. The minimum Gasteiger partial charge on any atom is -0.465 e. The molecule has 2 heterocycles. The number of nitrogens with one attached hydrogen (secondary N) is 1. The molecule has 20 heavy (non-hydrogen) atoms. The van der Waals surface area contributed by atoms with Gasteiger partial charge in [-0.3, -0.25) is 10.1 Å². The molecule has 1 aliphatic rings. The minimum absolute atomic E-state index is 0.0731. The number of rotatable bonds is 4. The summed E-state index contributed by atoms with van der Waals surface area (Å²) in [6.45, 7) is 0. The molecule has 8 heteroatoms. The topological polar surface area (TPSA) is 94.4 Å². The number of ether oxygens (including phenoxy) is 1. The molecule has 0 amide bonds. The summed E-state index contributed by atoms with van der Waals surface area (Å²) < 4.78 is 4.54. The van der Waals surface area contributed by atoms with Crippen molar-refractivity contribution in [1.82, 2.24) is 4.98 Å². The lowest BCUT2D eigenvalue weighted by Gasteiger charge is -2.22. The molecule has 2 rings (SSSR count). The Kier molecular flexibility index (Phi) is 4.78. The number of hydrogen-bond donors (Lipinski definition) is 1. The van der Waals surface area contributed by atoms with Crippen LogP contribution >= 0.6 is 11.8 Å².